The van der Waals surface area contributed by atoms with E-state index in [1.807, 2.05) is 29.9 Å². The fraction of sp³-hybridized carbons (Fsp3) is 0.321. The van der Waals surface area contributed by atoms with Crippen LogP contribution in [-0.4, -0.2) is 103 Å². The van der Waals surface area contributed by atoms with Gasteiger partial charge in [0.1, 0.15) is 0 Å². The van der Waals surface area contributed by atoms with E-state index in [0.717, 1.165) is 43.0 Å². The summed E-state index contributed by atoms with van der Waals surface area (Å²) in [6.45, 7) is 4.19. The van der Waals surface area contributed by atoms with Crippen molar-refractivity contribution in [3.63, 3.8) is 0 Å². The Bertz CT molecular complexity index is 1610. The topological polar surface area (TPSA) is 149 Å². The molecule has 1 aliphatic rings. The van der Waals surface area contributed by atoms with Crippen LogP contribution in [0.1, 0.15) is 16.6 Å². The van der Waals surface area contributed by atoms with Crippen molar-refractivity contribution < 1.29 is 69.2 Å². The zero-order valence-corrected chi connectivity index (χ0v) is 25.7. The maximum absolute atomic E-state index is 10.6. The summed E-state index contributed by atoms with van der Waals surface area (Å²) in [5.41, 5.74) is 4.62. The third-order valence-electron chi connectivity index (χ3n) is 6.29. The van der Waals surface area contributed by atoms with Crippen molar-refractivity contribution in [2.45, 2.75) is 31.1 Å². The molecular weight excluding hydrogens is 705 g/mol. The molecule has 49 heavy (non-hydrogen) atoms. The number of carbonyl (C=O) groups is 3. The molecule has 0 aliphatic carbocycles. The summed E-state index contributed by atoms with van der Waals surface area (Å²) >= 11 is 1.84. The number of aromatic nitrogens is 3. The Hall–Kier alpha value is -4.76. The molecular formula is C28H26F9N5O6S. The number of carboxylic acid groups (broad SMARTS) is 3. The molecule has 5 rings (SSSR count). The zero-order chi connectivity index (χ0) is 37.2. The second-order valence-corrected chi connectivity index (χ2v) is 10.8. The summed E-state index contributed by atoms with van der Waals surface area (Å²) in [6, 6.07) is 13.1. The van der Waals surface area contributed by atoms with Gasteiger partial charge in [-0.05, 0) is 36.2 Å². The van der Waals surface area contributed by atoms with Crippen LogP contribution in [0.4, 0.5) is 39.5 Å². The second-order valence-electron chi connectivity index (χ2n) is 9.80. The van der Waals surface area contributed by atoms with Gasteiger partial charge >= 0.3 is 36.4 Å². The fourth-order valence-electron chi connectivity index (χ4n) is 3.97. The van der Waals surface area contributed by atoms with Crippen molar-refractivity contribution in [2.75, 3.05) is 26.7 Å². The molecule has 3 N–H and O–H groups in total. The molecule has 1 unspecified atom stereocenters. The normalized spacial score (nSPS) is 15.5. The molecule has 1 atom stereocenters. The quantitative estimate of drug-likeness (QED) is 0.219. The molecule has 0 bridgehead atoms. The van der Waals surface area contributed by atoms with Crippen molar-refractivity contribution in [1.82, 2.24) is 24.2 Å². The summed E-state index contributed by atoms with van der Waals surface area (Å²) in [4.78, 5) is 42.1. The lowest BCUT2D eigenvalue weighted by Gasteiger charge is -2.38. The first-order valence-electron chi connectivity index (χ1n) is 13.3. The van der Waals surface area contributed by atoms with E-state index in [4.69, 9.17) is 34.7 Å². The average Bonchev–Trinajstić information content (AvgIpc) is 3.68. The maximum Gasteiger partial charge on any atom is 0.490 e. The molecule has 0 aromatic carbocycles. The molecule has 11 nitrogen and oxygen atoms in total. The van der Waals surface area contributed by atoms with Gasteiger partial charge in [-0.25, -0.2) is 19.4 Å². The summed E-state index contributed by atoms with van der Waals surface area (Å²) in [7, 11) is 2.21. The average molecular weight is 732 g/mol. The van der Waals surface area contributed by atoms with E-state index in [1.165, 1.54) is 10.4 Å². The first kappa shape index (κ1) is 40.4. The number of hydrogen-bond donors (Lipinski definition) is 3. The van der Waals surface area contributed by atoms with E-state index in [0.29, 0.717) is 6.04 Å². The van der Waals surface area contributed by atoms with Crippen LogP contribution in [0.2, 0.25) is 0 Å². The van der Waals surface area contributed by atoms with E-state index >= 15 is 0 Å². The van der Waals surface area contributed by atoms with Crippen LogP contribution in [0, 0.1) is 0 Å². The molecule has 4 aromatic rings. The van der Waals surface area contributed by atoms with Gasteiger partial charge in [-0.15, -0.1) is 11.3 Å². The Balaban J connectivity index is 0.000000325. The minimum absolute atomic E-state index is 0.308. The summed E-state index contributed by atoms with van der Waals surface area (Å²) in [6.07, 6.45) is -7.46. The third-order valence-corrected chi connectivity index (χ3v) is 7.15. The predicted molar refractivity (Wildman–Crippen MR) is 154 cm³/mol. The fourth-order valence-corrected chi connectivity index (χ4v) is 4.72. The van der Waals surface area contributed by atoms with Crippen LogP contribution in [0.15, 0.2) is 66.7 Å². The number of fused-ring (bicyclic) bond motifs is 1. The number of alkyl halides is 9. The van der Waals surface area contributed by atoms with Gasteiger partial charge in [-0.2, -0.15) is 39.5 Å². The van der Waals surface area contributed by atoms with E-state index < -0.39 is 36.4 Å². The smallest absolute Gasteiger partial charge is 0.475 e. The zero-order valence-electron chi connectivity index (χ0n) is 24.9. The standard InChI is InChI=1S/C22H23N5S.3C2HF3O2/c1-25-9-10-26(14-19-5-3-11-28-19)15-21(25)22-20-7-6-18(13-27(20)16-24-22)17-4-2-8-23-12-17;3*3-2(4,5)1(6)7/h2-8,11-13,16,21H,9-10,14-15H2,1H3;3*(H,6,7). The number of imidazole rings is 1. The molecule has 4 aromatic heterocycles. The van der Waals surface area contributed by atoms with Gasteiger partial charge in [-0.1, -0.05) is 18.2 Å². The van der Waals surface area contributed by atoms with Crippen LogP contribution < -0.4 is 0 Å². The van der Waals surface area contributed by atoms with Crippen molar-refractivity contribution in [3.05, 3.63) is 77.3 Å². The van der Waals surface area contributed by atoms with Crippen molar-refractivity contribution in [2.24, 2.45) is 0 Å². The molecule has 21 heteroatoms. The highest BCUT2D eigenvalue weighted by Gasteiger charge is 2.39. The van der Waals surface area contributed by atoms with Crippen molar-refractivity contribution in [3.8, 4) is 11.1 Å². The predicted octanol–water partition coefficient (Wildman–Crippen LogP) is 5.85. The van der Waals surface area contributed by atoms with Gasteiger partial charge in [0.2, 0.25) is 0 Å². The highest BCUT2D eigenvalue weighted by Crippen LogP contribution is 2.29. The SMILES string of the molecule is CN1CCN(Cc2cccs2)CC1c1ncn2cc(-c3cccnc3)ccc12.O=C(O)C(F)(F)F.O=C(O)C(F)(F)F.O=C(O)C(F)(F)F. The third kappa shape index (κ3) is 13.0. The van der Waals surface area contributed by atoms with Gasteiger partial charge in [0.15, 0.2) is 0 Å². The lowest BCUT2D eigenvalue weighted by atomic mass is 10.1. The highest BCUT2D eigenvalue weighted by atomic mass is 32.1. The Labute approximate surface area is 274 Å². The number of hydrogen-bond acceptors (Lipinski definition) is 8. The minimum Gasteiger partial charge on any atom is -0.475 e. The number of carboxylic acids is 3. The molecule has 0 saturated carbocycles. The van der Waals surface area contributed by atoms with Crippen LogP contribution in [0.25, 0.3) is 16.6 Å². The number of aliphatic carboxylic acids is 3. The van der Waals surface area contributed by atoms with Gasteiger partial charge in [0.05, 0.1) is 23.6 Å². The number of rotatable bonds is 4. The second kappa shape index (κ2) is 17.1. The number of likely N-dealkylation sites (N-methyl/N-ethyl adjacent to an activating group) is 1. The Morgan fingerprint density at radius 1 is 0.837 bits per heavy atom. The van der Waals surface area contributed by atoms with Crippen molar-refractivity contribution >= 4 is 34.8 Å². The number of piperazine rings is 1. The number of thiophene rings is 1. The number of nitrogens with zero attached hydrogens (tertiary/aromatic N) is 5. The molecule has 1 fully saturated rings. The maximum atomic E-state index is 10.6. The van der Waals surface area contributed by atoms with Crippen LogP contribution in [-0.2, 0) is 20.9 Å². The van der Waals surface area contributed by atoms with Crippen LogP contribution in [0.3, 0.4) is 0 Å². The minimum atomic E-state index is -5.08. The lowest BCUT2D eigenvalue weighted by Crippen LogP contribution is -2.46. The molecule has 0 amide bonds. The molecule has 1 saturated heterocycles. The largest absolute Gasteiger partial charge is 0.490 e. The summed E-state index contributed by atoms with van der Waals surface area (Å²) < 4.78 is 97.4. The highest BCUT2D eigenvalue weighted by molar-refractivity contribution is 7.09. The van der Waals surface area contributed by atoms with E-state index in [2.05, 4.69) is 68.1 Å². The first-order chi connectivity index (χ1) is 22.6. The van der Waals surface area contributed by atoms with E-state index in [1.54, 1.807) is 6.20 Å². The number of halogens is 9. The lowest BCUT2D eigenvalue weighted by molar-refractivity contribution is -0.193. The Morgan fingerprint density at radius 2 is 1.41 bits per heavy atom. The van der Waals surface area contributed by atoms with Crippen LogP contribution >= 0.6 is 11.3 Å². The number of pyridine rings is 2. The summed E-state index contributed by atoms with van der Waals surface area (Å²) in [5, 5.41) is 23.5. The summed E-state index contributed by atoms with van der Waals surface area (Å²) in [5.74, 6) is -8.27. The van der Waals surface area contributed by atoms with Gasteiger partial charge in [0, 0.05) is 55.2 Å². The Morgan fingerprint density at radius 3 is 1.88 bits per heavy atom. The Kier molecular flexibility index (Phi) is 14.1. The molecule has 5 heterocycles. The van der Waals surface area contributed by atoms with Crippen LogP contribution in [0.5, 0.6) is 0 Å². The van der Waals surface area contributed by atoms with Gasteiger partial charge in [-0.3, -0.25) is 14.8 Å². The van der Waals surface area contributed by atoms with Gasteiger partial charge < -0.3 is 19.7 Å². The van der Waals surface area contributed by atoms with Crippen molar-refractivity contribution in [1.29, 1.82) is 0 Å². The molecule has 268 valence electrons. The van der Waals surface area contributed by atoms with E-state index in [9.17, 15) is 39.5 Å². The first-order valence-corrected chi connectivity index (χ1v) is 14.2. The van der Waals surface area contributed by atoms with E-state index in [-0.39, 0.29) is 0 Å². The molecule has 1 aliphatic heterocycles. The monoisotopic (exact) mass is 731 g/mol. The molecule has 0 spiro atoms. The molecule has 0 radical (unpaired) electrons. The van der Waals surface area contributed by atoms with Gasteiger partial charge in [0.25, 0.3) is 0 Å².